The normalized spacial score (nSPS) is 21.5. The molecule has 1 unspecified atom stereocenters. The lowest BCUT2D eigenvalue weighted by molar-refractivity contribution is -0.142. The highest BCUT2D eigenvalue weighted by molar-refractivity contribution is 5.89. The third-order valence-corrected chi connectivity index (χ3v) is 6.02. The predicted molar refractivity (Wildman–Crippen MR) is 110 cm³/mol. The van der Waals surface area contributed by atoms with Gasteiger partial charge in [-0.2, -0.15) is 0 Å². The minimum Gasteiger partial charge on any atom is -0.355 e. The van der Waals surface area contributed by atoms with Gasteiger partial charge in [0.15, 0.2) is 0 Å². The minimum absolute atomic E-state index is 0. The molecule has 0 aromatic heterocycles. The van der Waals surface area contributed by atoms with Crippen LogP contribution in [0.5, 0.6) is 0 Å². The highest BCUT2D eigenvalue weighted by Gasteiger charge is 2.45. The molecule has 1 aromatic rings. The van der Waals surface area contributed by atoms with Crippen LogP contribution in [-0.4, -0.2) is 42.9 Å². The molecule has 5 nitrogen and oxygen atoms in total. The second-order valence-electron chi connectivity index (χ2n) is 7.82. The van der Waals surface area contributed by atoms with Crippen molar-refractivity contribution in [2.24, 2.45) is 11.7 Å². The summed E-state index contributed by atoms with van der Waals surface area (Å²) >= 11 is 0. The zero-order valence-corrected chi connectivity index (χ0v) is 17.1. The Balaban J connectivity index is 0.00000280. The summed E-state index contributed by atoms with van der Waals surface area (Å²) in [6.07, 6.45) is 6.13. The fraction of sp³-hybridized carbons (Fsp3) is 0.619. The Morgan fingerprint density at radius 3 is 2.64 bits per heavy atom. The number of nitrogens with one attached hydrogen (secondary N) is 1. The molecule has 1 heterocycles. The maximum absolute atomic E-state index is 13.9. The number of benzene rings is 1. The Morgan fingerprint density at radius 1 is 1.21 bits per heavy atom. The summed E-state index contributed by atoms with van der Waals surface area (Å²) in [6, 6.07) is 6.50. The molecule has 28 heavy (non-hydrogen) atoms. The summed E-state index contributed by atoms with van der Waals surface area (Å²) in [7, 11) is 0. The van der Waals surface area contributed by atoms with Crippen molar-refractivity contribution < 1.29 is 14.0 Å². The molecule has 0 bridgehead atoms. The number of amides is 2. The Labute approximate surface area is 172 Å². The molecule has 1 aliphatic carbocycles. The molecule has 1 atom stereocenters. The van der Waals surface area contributed by atoms with Crippen LogP contribution in [0.3, 0.4) is 0 Å². The molecule has 0 radical (unpaired) electrons. The lowest BCUT2D eigenvalue weighted by Gasteiger charge is -2.42. The molecular formula is C21H31ClFN3O2. The van der Waals surface area contributed by atoms with Gasteiger partial charge in [0.05, 0.1) is 11.3 Å². The van der Waals surface area contributed by atoms with E-state index in [4.69, 9.17) is 5.73 Å². The van der Waals surface area contributed by atoms with Crippen molar-refractivity contribution in [2.45, 2.75) is 50.4 Å². The molecule has 1 saturated heterocycles. The van der Waals surface area contributed by atoms with E-state index in [-0.39, 0.29) is 36.0 Å². The van der Waals surface area contributed by atoms with Crippen LogP contribution in [0.2, 0.25) is 0 Å². The van der Waals surface area contributed by atoms with Crippen LogP contribution >= 0.6 is 12.4 Å². The van der Waals surface area contributed by atoms with Crippen LogP contribution in [0.15, 0.2) is 24.3 Å². The molecule has 1 aromatic carbocycles. The number of carbonyl (C=O) groups is 2. The van der Waals surface area contributed by atoms with Gasteiger partial charge < -0.3 is 16.0 Å². The quantitative estimate of drug-likeness (QED) is 0.782. The van der Waals surface area contributed by atoms with E-state index in [0.717, 1.165) is 50.5 Å². The maximum atomic E-state index is 13.9. The molecule has 3 rings (SSSR count). The van der Waals surface area contributed by atoms with E-state index in [2.05, 4.69) is 5.32 Å². The van der Waals surface area contributed by atoms with Crippen molar-refractivity contribution in [3.63, 3.8) is 0 Å². The summed E-state index contributed by atoms with van der Waals surface area (Å²) in [4.78, 5) is 27.8. The number of hydrogen-bond acceptors (Lipinski definition) is 3. The van der Waals surface area contributed by atoms with Gasteiger partial charge in [0.1, 0.15) is 5.82 Å². The second-order valence-corrected chi connectivity index (χ2v) is 7.82. The molecule has 1 saturated carbocycles. The van der Waals surface area contributed by atoms with Crippen molar-refractivity contribution in [1.29, 1.82) is 0 Å². The summed E-state index contributed by atoms with van der Waals surface area (Å²) in [5, 5.41) is 2.84. The van der Waals surface area contributed by atoms with E-state index in [0.29, 0.717) is 26.2 Å². The molecule has 0 spiro atoms. The molecule has 2 aliphatic rings. The zero-order chi connectivity index (χ0) is 19.3. The van der Waals surface area contributed by atoms with Crippen molar-refractivity contribution in [1.82, 2.24) is 10.2 Å². The van der Waals surface area contributed by atoms with Crippen LogP contribution in [-0.2, 0) is 15.0 Å². The number of halogens is 2. The highest BCUT2D eigenvalue weighted by atomic mass is 35.5. The van der Waals surface area contributed by atoms with Crippen LogP contribution < -0.4 is 11.1 Å². The maximum Gasteiger partial charge on any atom is 0.233 e. The van der Waals surface area contributed by atoms with Crippen LogP contribution in [0, 0.1) is 11.7 Å². The molecule has 7 heteroatoms. The monoisotopic (exact) mass is 411 g/mol. The number of likely N-dealkylation sites (tertiary alicyclic amines) is 1. The number of rotatable bonds is 5. The van der Waals surface area contributed by atoms with Gasteiger partial charge in [-0.15, -0.1) is 12.4 Å². The van der Waals surface area contributed by atoms with Gasteiger partial charge in [-0.05, 0) is 43.4 Å². The SMILES string of the molecule is Cl.NCCNC(=O)C1CCCN(C(=O)C2(c3cccc(F)c3)CCCCC2)C1. The van der Waals surface area contributed by atoms with E-state index in [9.17, 15) is 14.0 Å². The molecule has 2 amide bonds. The van der Waals surface area contributed by atoms with E-state index in [1.165, 1.54) is 12.1 Å². The van der Waals surface area contributed by atoms with E-state index in [1.807, 2.05) is 11.0 Å². The van der Waals surface area contributed by atoms with Gasteiger partial charge in [-0.25, -0.2) is 4.39 Å². The van der Waals surface area contributed by atoms with Crippen molar-refractivity contribution in [3.05, 3.63) is 35.6 Å². The van der Waals surface area contributed by atoms with Gasteiger partial charge >= 0.3 is 0 Å². The Morgan fingerprint density at radius 2 is 1.96 bits per heavy atom. The minimum atomic E-state index is -0.657. The number of piperidine rings is 1. The molecule has 2 fully saturated rings. The van der Waals surface area contributed by atoms with Gasteiger partial charge in [0.2, 0.25) is 11.8 Å². The van der Waals surface area contributed by atoms with Crippen LogP contribution in [0.4, 0.5) is 4.39 Å². The summed E-state index contributed by atoms with van der Waals surface area (Å²) in [6.45, 7) is 1.96. The zero-order valence-electron chi connectivity index (χ0n) is 16.3. The number of hydrogen-bond donors (Lipinski definition) is 2. The van der Waals surface area contributed by atoms with Gasteiger partial charge in [0.25, 0.3) is 0 Å². The van der Waals surface area contributed by atoms with E-state index < -0.39 is 5.41 Å². The molecular weight excluding hydrogens is 381 g/mol. The van der Waals surface area contributed by atoms with Gasteiger partial charge in [0, 0.05) is 26.2 Å². The fourth-order valence-electron chi connectivity index (χ4n) is 4.59. The van der Waals surface area contributed by atoms with Gasteiger partial charge in [-0.1, -0.05) is 31.4 Å². The Hall–Kier alpha value is -1.66. The third kappa shape index (κ3) is 4.84. The first-order valence-electron chi connectivity index (χ1n) is 10.1. The van der Waals surface area contributed by atoms with Crippen molar-refractivity contribution >= 4 is 24.2 Å². The van der Waals surface area contributed by atoms with E-state index >= 15 is 0 Å². The van der Waals surface area contributed by atoms with Crippen LogP contribution in [0.25, 0.3) is 0 Å². The number of nitrogens with zero attached hydrogens (tertiary/aromatic N) is 1. The fourth-order valence-corrected chi connectivity index (χ4v) is 4.59. The smallest absolute Gasteiger partial charge is 0.233 e. The summed E-state index contributed by atoms with van der Waals surface area (Å²) in [5.74, 6) is -0.462. The second kappa shape index (κ2) is 10.2. The highest BCUT2D eigenvalue weighted by Crippen LogP contribution is 2.42. The summed E-state index contributed by atoms with van der Waals surface area (Å²) in [5.41, 5.74) is 5.59. The number of nitrogens with two attached hydrogens (primary N) is 1. The topological polar surface area (TPSA) is 75.4 Å². The van der Waals surface area contributed by atoms with Crippen LogP contribution in [0.1, 0.15) is 50.5 Å². The third-order valence-electron chi connectivity index (χ3n) is 6.02. The largest absolute Gasteiger partial charge is 0.355 e. The Kier molecular flexibility index (Phi) is 8.25. The number of carbonyl (C=O) groups excluding carboxylic acids is 2. The molecule has 1 aliphatic heterocycles. The first-order chi connectivity index (χ1) is 13.1. The summed E-state index contributed by atoms with van der Waals surface area (Å²) < 4.78 is 13.9. The lowest BCUT2D eigenvalue weighted by atomic mass is 9.68. The molecule has 3 N–H and O–H groups in total. The Bertz CT molecular complexity index is 679. The molecule has 156 valence electrons. The van der Waals surface area contributed by atoms with E-state index in [1.54, 1.807) is 6.07 Å². The van der Waals surface area contributed by atoms with Gasteiger partial charge in [-0.3, -0.25) is 9.59 Å². The first kappa shape index (κ1) is 22.6. The first-order valence-corrected chi connectivity index (χ1v) is 10.1. The average molecular weight is 412 g/mol. The lowest BCUT2D eigenvalue weighted by Crippen LogP contribution is -2.53. The average Bonchev–Trinajstić information content (AvgIpc) is 2.72. The predicted octanol–water partition coefficient (Wildman–Crippen LogP) is 2.76. The van der Waals surface area contributed by atoms with Crippen molar-refractivity contribution in [3.8, 4) is 0 Å². The standard InChI is InChI=1S/C21H30FN3O2.ClH/c22-18-8-4-7-17(14-18)21(9-2-1-3-10-21)20(27)25-13-5-6-16(15-25)19(26)24-12-11-23;/h4,7-8,14,16H,1-3,5-6,9-13,15,23H2,(H,24,26);1H. The van der Waals surface area contributed by atoms with Crippen molar-refractivity contribution in [2.75, 3.05) is 26.2 Å².